The van der Waals surface area contributed by atoms with E-state index in [9.17, 15) is 13.2 Å². The molecular formula is C23H29ClN2O4S. The van der Waals surface area contributed by atoms with Gasteiger partial charge in [0, 0.05) is 42.8 Å². The monoisotopic (exact) mass is 464 g/mol. The summed E-state index contributed by atoms with van der Waals surface area (Å²) in [4.78, 5) is 14.7. The molecule has 0 radical (unpaired) electrons. The smallest absolute Gasteiger partial charge is 0.253 e. The molecule has 1 amide bonds. The van der Waals surface area contributed by atoms with E-state index in [4.69, 9.17) is 16.3 Å². The van der Waals surface area contributed by atoms with Crippen LogP contribution >= 0.6 is 11.6 Å². The van der Waals surface area contributed by atoms with Crippen LogP contribution in [0.2, 0.25) is 5.02 Å². The van der Waals surface area contributed by atoms with E-state index in [1.54, 1.807) is 57.6 Å². The summed E-state index contributed by atoms with van der Waals surface area (Å²) in [5, 5.41) is 0.551. The average molecular weight is 465 g/mol. The van der Waals surface area contributed by atoms with Crippen LogP contribution in [0.25, 0.3) is 0 Å². The van der Waals surface area contributed by atoms with E-state index in [-0.39, 0.29) is 23.4 Å². The molecule has 0 N–H and O–H groups in total. The summed E-state index contributed by atoms with van der Waals surface area (Å²) in [6.45, 7) is 0.279. The van der Waals surface area contributed by atoms with E-state index in [0.717, 1.165) is 37.7 Å². The number of amides is 1. The highest BCUT2D eigenvalue weighted by Crippen LogP contribution is 2.27. The minimum Gasteiger partial charge on any atom is -0.496 e. The van der Waals surface area contributed by atoms with Crippen molar-refractivity contribution in [2.45, 2.75) is 49.6 Å². The van der Waals surface area contributed by atoms with Gasteiger partial charge in [-0.05, 0) is 49.2 Å². The summed E-state index contributed by atoms with van der Waals surface area (Å²) in [6, 6.07) is 11.5. The molecule has 1 fully saturated rings. The van der Waals surface area contributed by atoms with Gasteiger partial charge in [-0.15, -0.1) is 0 Å². The maximum absolute atomic E-state index is 13.2. The van der Waals surface area contributed by atoms with Gasteiger partial charge in [-0.2, -0.15) is 4.31 Å². The van der Waals surface area contributed by atoms with Gasteiger partial charge in [0.25, 0.3) is 5.91 Å². The second kappa shape index (κ2) is 10.0. The van der Waals surface area contributed by atoms with Crippen LogP contribution in [0.4, 0.5) is 0 Å². The van der Waals surface area contributed by atoms with Crippen molar-refractivity contribution in [2.24, 2.45) is 0 Å². The Labute approximate surface area is 189 Å². The lowest BCUT2D eigenvalue weighted by Gasteiger charge is -2.30. The molecule has 0 bridgehead atoms. The van der Waals surface area contributed by atoms with Gasteiger partial charge in [0.05, 0.1) is 12.0 Å². The van der Waals surface area contributed by atoms with Gasteiger partial charge in [-0.3, -0.25) is 4.79 Å². The Kier molecular flexibility index (Phi) is 7.62. The molecule has 0 atom stereocenters. The van der Waals surface area contributed by atoms with Crippen molar-refractivity contribution < 1.29 is 17.9 Å². The average Bonchev–Trinajstić information content (AvgIpc) is 2.78. The van der Waals surface area contributed by atoms with Crippen molar-refractivity contribution in [3.05, 3.63) is 58.6 Å². The topological polar surface area (TPSA) is 66.9 Å². The number of carbonyl (C=O) groups is 1. The molecule has 1 saturated carbocycles. The number of halogens is 1. The third kappa shape index (κ3) is 5.40. The molecule has 0 heterocycles. The first-order chi connectivity index (χ1) is 14.7. The SMILES string of the molecule is COc1ccc(Cl)cc1CN(C)C(=O)c1cccc(S(=O)(=O)N(C)C2CCCCC2)c1. The molecule has 0 spiro atoms. The fourth-order valence-electron chi connectivity index (χ4n) is 4.02. The zero-order valence-electron chi connectivity index (χ0n) is 18.2. The maximum Gasteiger partial charge on any atom is 0.253 e. The number of methoxy groups -OCH3 is 1. The van der Waals surface area contributed by atoms with Gasteiger partial charge in [-0.25, -0.2) is 8.42 Å². The Hall–Kier alpha value is -2.09. The van der Waals surface area contributed by atoms with Crippen molar-refractivity contribution in [3.63, 3.8) is 0 Å². The van der Waals surface area contributed by atoms with Crippen molar-refractivity contribution in [2.75, 3.05) is 21.2 Å². The third-order valence-corrected chi connectivity index (χ3v) is 7.98. The standard InChI is InChI=1S/C23H29ClN2O4S/c1-25(16-18-14-19(24)12-13-22(18)30-3)23(27)17-8-7-11-21(15-17)31(28,29)26(2)20-9-5-4-6-10-20/h7-8,11-15,20H,4-6,9-10,16H2,1-3H3. The zero-order valence-corrected chi connectivity index (χ0v) is 19.7. The van der Waals surface area contributed by atoms with E-state index in [0.29, 0.717) is 16.3 Å². The van der Waals surface area contributed by atoms with Gasteiger partial charge in [0.2, 0.25) is 10.0 Å². The maximum atomic E-state index is 13.2. The first-order valence-electron chi connectivity index (χ1n) is 10.4. The number of rotatable bonds is 7. The fourth-order valence-corrected chi connectivity index (χ4v) is 5.67. The lowest BCUT2D eigenvalue weighted by atomic mass is 9.96. The van der Waals surface area contributed by atoms with E-state index >= 15 is 0 Å². The first-order valence-corrected chi connectivity index (χ1v) is 12.2. The molecular weight excluding hydrogens is 436 g/mol. The van der Waals surface area contributed by atoms with Crippen LogP contribution < -0.4 is 4.74 Å². The molecule has 0 saturated heterocycles. The summed E-state index contributed by atoms with van der Waals surface area (Å²) in [6.07, 6.45) is 4.98. The van der Waals surface area contributed by atoms with Gasteiger partial charge in [0.1, 0.15) is 5.75 Å². The molecule has 2 aromatic carbocycles. The van der Waals surface area contributed by atoms with Gasteiger partial charge >= 0.3 is 0 Å². The second-order valence-corrected chi connectivity index (χ2v) is 10.4. The lowest BCUT2D eigenvalue weighted by Crippen LogP contribution is -2.38. The number of sulfonamides is 1. The predicted octanol–water partition coefficient (Wildman–Crippen LogP) is 4.57. The summed E-state index contributed by atoms with van der Waals surface area (Å²) in [5.74, 6) is 0.355. The molecule has 2 aromatic rings. The molecule has 6 nitrogen and oxygen atoms in total. The van der Waals surface area contributed by atoms with Gasteiger partial charge < -0.3 is 9.64 Å². The van der Waals surface area contributed by atoms with Gasteiger partial charge in [-0.1, -0.05) is 36.9 Å². The summed E-state index contributed by atoms with van der Waals surface area (Å²) in [5.41, 5.74) is 1.09. The molecule has 0 unspecified atom stereocenters. The Morgan fingerprint density at radius 3 is 2.48 bits per heavy atom. The first kappa shape index (κ1) is 23.6. The van der Waals surface area contributed by atoms with E-state index in [2.05, 4.69) is 0 Å². The lowest BCUT2D eigenvalue weighted by molar-refractivity contribution is 0.0784. The Bertz CT molecular complexity index is 1040. The molecule has 3 rings (SSSR count). The van der Waals surface area contributed by atoms with E-state index < -0.39 is 10.0 Å². The van der Waals surface area contributed by atoms with Crippen molar-refractivity contribution in [1.82, 2.24) is 9.21 Å². The molecule has 31 heavy (non-hydrogen) atoms. The molecule has 168 valence electrons. The number of hydrogen-bond donors (Lipinski definition) is 0. The quantitative estimate of drug-likeness (QED) is 0.601. The highest BCUT2D eigenvalue weighted by Gasteiger charge is 2.29. The molecule has 8 heteroatoms. The summed E-state index contributed by atoms with van der Waals surface area (Å²) >= 11 is 6.09. The summed E-state index contributed by atoms with van der Waals surface area (Å²) in [7, 11) is 1.19. The van der Waals surface area contributed by atoms with Crippen LogP contribution in [0, 0.1) is 0 Å². The summed E-state index contributed by atoms with van der Waals surface area (Å²) < 4.78 is 33.1. The van der Waals surface area contributed by atoms with Crippen LogP contribution in [-0.2, 0) is 16.6 Å². The molecule has 1 aliphatic rings. The highest BCUT2D eigenvalue weighted by atomic mass is 35.5. The van der Waals surface area contributed by atoms with Crippen molar-refractivity contribution in [3.8, 4) is 5.75 Å². The number of ether oxygens (including phenoxy) is 1. The number of carbonyl (C=O) groups excluding carboxylic acids is 1. The Morgan fingerprint density at radius 2 is 1.81 bits per heavy atom. The third-order valence-electron chi connectivity index (χ3n) is 5.84. The van der Waals surface area contributed by atoms with Crippen LogP contribution in [0.1, 0.15) is 48.0 Å². The largest absolute Gasteiger partial charge is 0.496 e. The Balaban J connectivity index is 1.80. The van der Waals surface area contributed by atoms with E-state index in [1.165, 1.54) is 15.3 Å². The number of benzene rings is 2. The molecule has 1 aliphatic carbocycles. The van der Waals surface area contributed by atoms with Crippen molar-refractivity contribution in [1.29, 1.82) is 0 Å². The Morgan fingerprint density at radius 1 is 1.10 bits per heavy atom. The van der Waals surface area contributed by atoms with Crippen LogP contribution in [0.3, 0.4) is 0 Å². The predicted molar refractivity (Wildman–Crippen MR) is 122 cm³/mol. The molecule has 0 aliphatic heterocycles. The number of nitrogens with zero attached hydrogens (tertiary/aromatic N) is 2. The normalized spacial score (nSPS) is 15.1. The van der Waals surface area contributed by atoms with Crippen LogP contribution in [0.5, 0.6) is 5.75 Å². The zero-order chi connectivity index (χ0) is 22.6. The highest BCUT2D eigenvalue weighted by molar-refractivity contribution is 7.89. The second-order valence-electron chi connectivity index (χ2n) is 7.96. The fraction of sp³-hybridized carbons (Fsp3) is 0.435. The minimum atomic E-state index is -3.67. The van der Waals surface area contributed by atoms with Gasteiger partial charge in [0.15, 0.2) is 0 Å². The minimum absolute atomic E-state index is 0.0103. The van der Waals surface area contributed by atoms with E-state index in [1.807, 2.05) is 0 Å². The number of hydrogen-bond acceptors (Lipinski definition) is 4. The van der Waals surface area contributed by atoms with Crippen LogP contribution in [0.15, 0.2) is 47.4 Å². The molecule has 0 aromatic heterocycles. The van der Waals surface area contributed by atoms with Crippen molar-refractivity contribution >= 4 is 27.5 Å². The van der Waals surface area contributed by atoms with Crippen LogP contribution in [-0.4, -0.2) is 50.8 Å².